The van der Waals surface area contributed by atoms with E-state index in [1.54, 1.807) is 0 Å². The van der Waals surface area contributed by atoms with E-state index in [4.69, 9.17) is 10.5 Å². The highest BCUT2D eigenvalue weighted by atomic mass is 16.5. The van der Waals surface area contributed by atoms with Crippen LogP contribution in [0.1, 0.15) is 43.8 Å². The molecule has 1 saturated carbocycles. The Bertz CT molecular complexity index is 412. The summed E-state index contributed by atoms with van der Waals surface area (Å²) >= 11 is 0. The van der Waals surface area contributed by atoms with Crippen LogP contribution in [0.3, 0.4) is 0 Å². The second kappa shape index (κ2) is 4.00. The van der Waals surface area contributed by atoms with Crippen molar-refractivity contribution in [3.63, 3.8) is 0 Å². The molecule has 1 spiro atoms. The van der Waals surface area contributed by atoms with Crippen LogP contribution < -0.4 is 10.5 Å². The predicted molar refractivity (Wildman–Crippen MR) is 65.8 cm³/mol. The lowest BCUT2D eigenvalue weighted by Crippen LogP contribution is -2.58. The van der Waals surface area contributed by atoms with Crippen LogP contribution in [0.2, 0.25) is 0 Å². The Morgan fingerprint density at radius 1 is 1.18 bits per heavy atom. The van der Waals surface area contributed by atoms with Crippen molar-refractivity contribution >= 4 is 0 Å². The molecule has 0 amide bonds. The summed E-state index contributed by atoms with van der Waals surface area (Å²) in [5.74, 6) is 0.809. The molecule has 3 rings (SSSR count). The topological polar surface area (TPSA) is 55.5 Å². The van der Waals surface area contributed by atoms with E-state index < -0.39 is 6.10 Å². The average molecular weight is 233 g/mol. The van der Waals surface area contributed by atoms with Crippen molar-refractivity contribution in [3.05, 3.63) is 29.8 Å². The molecule has 1 aliphatic carbocycles. The Morgan fingerprint density at radius 2 is 1.88 bits per heavy atom. The number of nitrogens with two attached hydrogens (primary N) is 1. The first-order valence-corrected chi connectivity index (χ1v) is 6.44. The Hall–Kier alpha value is -1.06. The van der Waals surface area contributed by atoms with Gasteiger partial charge in [0.1, 0.15) is 17.5 Å². The minimum Gasteiger partial charge on any atom is -0.485 e. The van der Waals surface area contributed by atoms with Crippen molar-refractivity contribution in [1.29, 1.82) is 0 Å². The van der Waals surface area contributed by atoms with Crippen molar-refractivity contribution in [2.24, 2.45) is 5.73 Å². The highest BCUT2D eigenvalue weighted by molar-refractivity contribution is 5.39. The van der Waals surface area contributed by atoms with E-state index >= 15 is 0 Å². The quantitative estimate of drug-likeness (QED) is 0.722. The fraction of sp³-hybridized carbons (Fsp3) is 0.571. The zero-order chi connectivity index (χ0) is 11.9. The zero-order valence-electron chi connectivity index (χ0n) is 9.93. The Balaban J connectivity index is 2.00. The number of para-hydroxylation sites is 1. The standard InChI is InChI=1S/C14H19NO2/c15-13-12(16)10-6-2-3-7-11(10)17-14(13)8-4-1-5-9-14/h2-3,6-7,12-13,16H,1,4-5,8-9,15H2. The summed E-state index contributed by atoms with van der Waals surface area (Å²) in [6.45, 7) is 0. The van der Waals surface area contributed by atoms with Gasteiger partial charge in [-0.3, -0.25) is 0 Å². The van der Waals surface area contributed by atoms with E-state index in [9.17, 15) is 5.11 Å². The molecular weight excluding hydrogens is 214 g/mol. The number of aliphatic hydroxyl groups excluding tert-OH is 1. The van der Waals surface area contributed by atoms with E-state index in [0.29, 0.717) is 0 Å². The van der Waals surface area contributed by atoms with Gasteiger partial charge in [0.15, 0.2) is 0 Å². The molecule has 0 aromatic heterocycles. The van der Waals surface area contributed by atoms with Gasteiger partial charge in [-0.05, 0) is 31.7 Å². The number of hydrogen-bond acceptors (Lipinski definition) is 3. The van der Waals surface area contributed by atoms with Gasteiger partial charge in [-0.2, -0.15) is 0 Å². The minimum absolute atomic E-state index is 0.308. The molecule has 2 unspecified atom stereocenters. The molecule has 2 aliphatic rings. The number of hydrogen-bond donors (Lipinski definition) is 2. The van der Waals surface area contributed by atoms with Crippen LogP contribution in [-0.2, 0) is 0 Å². The van der Waals surface area contributed by atoms with Gasteiger partial charge in [0, 0.05) is 5.56 Å². The monoisotopic (exact) mass is 233 g/mol. The molecule has 1 heterocycles. The molecule has 0 radical (unpaired) electrons. The Morgan fingerprint density at radius 3 is 2.65 bits per heavy atom. The molecular formula is C14H19NO2. The maximum Gasteiger partial charge on any atom is 0.127 e. The van der Waals surface area contributed by atoms with Gasteiger partial charge in [-0.25, -0.2) is 0 Å². The van der Waals surface area contributed by atoms with Crippen molar-refractivity contribution in [2.75, 3.05) is 0 Å². The average Bonchev–Trinajstić information content (AvgIpc) is 2.37. The summed E-state index contributed by atoms with van der Waals surface area (Å²) in [5.41, 5.74) is 6.72. The summed E-state index contributed by atoms with van der Waals surface area (Å²) in [4.78, 5) is 0. The third kappa shape index (κ3) is 1.65. The molecule has 17 heavy (non-hydrogen) atoms. The second-order valence-corrected chi connectivity index (χ2v) is 5.24. The van der Waals surface area contributed by atoms with E-state index in [0.717, 1.165) is 37.0 Å². The number of ether oxygens (including phenoxy) is 1. The van der Waals surface area contributed by atoms with Crippen molar-refractivity contribution in [1.82, 2.24) is 0 Å². The molecule has 3 N–H and O–H groups in total. The molecule has 1 aliphatic heterocycles. The third-order valence-corrected chi connectivity index (χ3v) is 4.20. The lowest BCUT2D eigenvalue weighted by molar-refractivity contribution is -0.0581. The molecule has 92 valence electrons. The summed E-state index contributed by atoms with van der Waals surface area (Å²) in [7, 11) is 0. The largest absolute Gasteiger partial charge is 0.485 e. The second-order valence-electron chi connectivity index (χ2n) is 5.24. The van der Waals surface area contributed by atoms with Gasteiger partial charge in [-0.1, -0.05) is 24.6 Å². The summed E-state index contributed by atoms with van der Waals surface area (Å²) in [6.07, 6.45) is 4.85. The van der Waals surface area contributed by atoms with Gasteiger partial charge in [-0.15, -0.1) is 0 Å². The highest BCUT2D eigenvalue weighted by Crippen LogP contribution is 2.45. The number of aliphatic hydroxyl groups is 1. The molecule has 3 nitrogen and oxygen atoms in total. The van der Waals surface area contributed by atoms with Crippen LogP contribution in [0.5, 0.6) is 5.75 Å². The van der Waals surface area contributed by atoms with E-state index in [-0.39, 0.29) is 11.6 Å². The van der Waals surface area contributed by atoms with Gasteiger partial charge in [0.2, 0.25) is 0 Å². The van der Waals surface area contributed by atoms with Gasteiger partial charge >= 0.3 is 0 Å². The maximum absolute atomic E-state index is 10.3. The van der Waals surface area contributed by atoms with Crippen molar-refractivity contribution in [3.8, 4) is 5.75 Å². The van der Waals surface area contributed by atoms with Crippen LogP contribution in [0, 0.1) is 0 Å². The molecule has 1 aromatic carbocycles. The van der Waals surface area contributed by atoms with E-state index in [1.165, 1.54) is 6.42 Å². The number of benzene rings is 1. The first kappa shape index (κ1) is 11.1. The Kier molecular flexibility index (Phi) is 2.60. The van der Waals surface area contributed by atoms with Crippen LogP contribution in [-0.4, -0.2) is 16.7 Å². The van der Waals surface area contributed by atoms with E-state index in [1.807, 2.05) is 24.3 Å². The van der Waals surface area contributed by atoms with Crippen molar-refractivity contribution < 1.29 is 9.84 Å². The Labute approximate surface area is 102 Å². The SMILES string of the molecule is NC1C(O)c2ccccc2OC12CCCCC2. The van der Waals surface area contributed by atoms with E-state index in [2.05, 4.69) is 0 Å². The molecule has 1 fully saturated rings. The normalized spacial score (nSPS) is 30.7. The van der Waals surface area contributed by atoms with Crippen LogP contribution in [0.25, 0.3) is 0 Å². The molecule has 0 bridgehead atoms. The van der Waals surface area contributed by atoms with Crippen LogP contribution in [0.4, 0.5) is 0 Å². The first-order chi connectivity index (χ1) is 8.23. The molecule has 1 aromatic rings. The summed E-state index contributed by atoms with van der Waals surface area (Å²) in [6, 6.07) is 7.38. The zero-order valence-corrected chi connectivity index (χ0v) is 9.93. The molecule has 0 saturated heterocycles. The van der Waals surface area contributed by atoms with Gasteiger partial charge in [0.25, 0.3) is 0 Å². The first-order valence-electron chi connectivity index (χ1n) is 6.44. The molecule has 2 atom stereocenters. The number of fused-ring (bicyclic) bond motifs is 1. The fourth-order valence-corrected chi connectivity index (χ4v) is 3.17. The summed E-state index contributed by atoms with van der Waals surface area (Å²) in [5, 5.41) is 10.3. The highest BCUT2D eigenvalue weighted by Gasteiger charge is 2.47. The summed E-state index contributed by atoms with van der Waals surface area (Å²) < 4.78 is 6.16. The molecule has 3 heteroatoms. The van der Waals surface area contributed by atoms with Gasteiger partial charge < -0.3 is 15.6 Å². The van der Waals surface area contributed by atoms with Gasteiger partial charge in [0.05, 0.1) is 6.04 Å². The smallest absolute Gasteiger partial charge is 0.127 e. The third-order valence-electron chi connectivity index (χ3n) is 4.20. The predicted octanol–water partition coefficient (Wildman–Crippen LogP) is 2.14. The lowest BCUT2D eigenvalue weighted by atomic mass is 9.74. The van der Waals surface area contributed by atoms with Crippen LogP contribution in [0.15, 0.2) is 24.3 Å². The lowest BCUT2D eigenvalue weighted by Gasteiger charge is -2.47. The fourth-order valence-electron chi connectivity index (χ4n) is 3.17. The van der Waals surface area contributed by atoms with Crippen molar-refractivity contribution in [2.45, 2.75) is 49.9 Å². The maximum atomic E-state index is 10.3. The number of rotatable bonds is 0. The van der Waals surface area contributed by atoms with Crippen LogP contribution >= 0.6 is 0 Å². The minimum atomic E-state index is -0.599.